The molecule has 0 bridgehead atoms. The monoisotopic (exact) mass is 449 g/mol. The van der Waals surface area contributed by atoms with Crippen LogP contribution in [-0.2, 0) is 9.59 Å². The van der Waals surface area contributed by atoms with E-state index in [9.17, 15) is 19.2 Å². The molecule has 0 fully saturated rings. The van der Waals surface area contributed by atoms with Crippen LogP contribution in [0.25, 0.3) is 6.08 Å². The highest BCUT2D eigenvalue weighted by Gasteiger charge is 2.10. The largest absolute Gasteiger partial charge is 0.484 e. The molecule has 3 rings (SSSR count). The van der Waals surface area contributed by atoms with Crippen molar-refractivity contribution in [1.82, 2.24) is 0 Å². The molecule has 3 aromatic carbocycles. The quantitative estimate of drug-likeness (QED) is 0.390. The summed E-state index contributed by atoms with van der Waals surface area (Å²) in [6.07, 6.45) is 1.39. The minimum absolute atomic E-state index is 0.146. The van der Waals surface area contributed by atoms with Gasteiger partial charge in [-0.25, -0.2) is 4.39 Å². The van der Waals surface area contributed by atoms with Gasteiger partial charge in [0.15, 0.2) is 6.61 Å². The Morgan fingerprint density at radius 2 is 1.66 bits per heavy atom. The van der Waals surface area contributed by atoms with E-state index in [1.807, 2.05) is 6.07 Å². The number of benzene rings is 3. The van der Waals surface area contributed by atoms with Gasteiger partial charge >= 0.3 is 0 Å². The van der Waals surface area contributed by atoms with Crippen molar-refractivity contribution in [2.24, 2.45) is 0 Å². The number of halogens is 2. The Bertz CT molecular complexity index is 1190. The number of carbonyl (C=O) groups excluding carboxylic acids is 2. The fourth-order valence-corrected chi connectivity index (χ4v) is 2.75. The second kappa shape index (κ2) is 10.8. The summed E-state index contributed by atoms with van der Waals surface area (Å²) < 4.78 is 18.5. The predicted octanol–water partition coefficient (Wildman–Crippen LogP) is 5.04. The van der Waals surface area contributed by atoms with Gasteiger partial charge in [0.2, 0.25) is 0 Å². The first-order chi connectivity index (χ1) is 15.4. The highest BCUT2D eigenvalue weighted by atomic mass is 35.5. The summed E-state index contributed by atoms with van der Waals surface area (Å²) in [5.41, 5.74) is 1.34. The van der Waals surface area contributed by atoms with Crippen molar-refractivity contribution in [2.45, 2.75) is 0 Å². The highest BCUT2D eigenvalue weighted by molar-refractivity contribution is 6.30. The van der Waals surface area contributed by atoms with Gasteiger partial charge in [0.05, 0.1) is 0 Å². The summed E-state index contributed by atoms with van der Waals surface area (Å²) >= 11 is 5.82. The van der Waals surface area contributed by atoms with Crippen molar-refractivity contribution in [3.63, 3.8) is 0 Å². The van der Waals surface area contributed by atoms with Crippen LogP contribution in [0.1, 0.15) is 5.56 Å². The van der Waals surface area contributed by atoms with Gasteiger partial charge in [-0.3, -0.25) is 9.59 Å². The molecule has 0 aliphatic rings. The molecule has 0 aliphatic heterocycles. The fourth-order valence-electron chi connectivity index (χ4n) is 2.62. The third kappa shape index (κ3) is 6.69. The molecule has 160 valence electrons. The van der Waals surface area contributed by atoms with Crippen LogP contribution in [0.4, 0.5) is 15.8 Å². The molecule has 0 saturated carbocycles. The van der Waals surface area contributed by atoms with Crippen LogP contribution in [-0.4, -0.2) is 18.4 Å². The third-order valence-corrected chi connectivity index (χ3v) is 4.39. The van der Waals surface area contributed by atoms with Crippen molar-refractivity contribution in [3.8, 4) is 11.8 Å². The van der Waals surface area contributed by atoms with E-state index in [1.54, 1.807) is 48.5 Å². The summed E-state index contributed by atoms with van der Waals surface area (Å²) in [4.78, 5) is 24.4. The molecule has 0 heterocycles. The molecule has 0 radical (unpaired) electrons. The molecule has 0 unspecified atom stereocenters. The number of amides is 2. The normalized spacial score (nSPS) is 10.7. The number of carbonyl (C=O) groups is 2. The van der Waals surface area contributed by atoms with Gasteiger partial charge in [-0.1, -0.05) is 23.7 Å². The van der Waals surface area contributed by atoms with Crippen LogP contribution in [0, 0.1) is 17.1 Å². The first-order valence-corrected chi connectivity index (χ1v) is 9.78. The van der Waals surface area contributed by atoms with E-state index in [1.165, 1.54) is 30.3 Å². The number of hydrogen-bond acceptors (Lipinski definition) is 4. The highest BCUT2D eigenvalue weighted by Crippen LogP contribution is 2.18. The number of nitrogens with zero attached hydrogens (tertiary/aromatic N) is 1. The van der Waals surface area contributed by atoms with E-state index in [0.717, 1.165) is 0 Å². The summed E-state index contributed by atoms with van der Waals surface area (Å²) in [5, 5.41) is 15.1. The van der Waals surface area contributed by atoms with Crippen molar-refractivity contribution in [1.29, 1.82) is 5.26 Å². The maximum Gasteiger partial charge on any atom is 0.266 e. The number of rotatable bonds is 7. The third-order valence-electron chi connectivity index (χ3n) is 4.13. The number of anilines is 2. The SMILES string of the molecule is N#C/C(=C/c1cccc(OCC(=O)Nc2ccc(Cl)cc2)c1)C(=O)Nc1ccc(F)cc1. The first-order valence-electron chi connectivity index (χ1n) is 9.40. The van der Waals surface area contributed by atoms with E-state index in [-0.39, 0.29) is 18.1 Å². The predicted molar refractivity (Wildman–Crippen MR) is 121 cm³/mol. The van der Waals surface area contributed by atoms with Crippen LogP contribution in [0.5, 0.6) is 5.75 Å². The van der Waals surface area contributed by atoms with Crippen LogP contribution in [0.2, 0.25) is 5.02 Å². The van der Waals surface area contributed by atoms with Crippen molar-refractivity contribution >= 4 is 40.9 Å². The van der Waals surface area contributed by atoms with Crippen LogP contribution < -0.4 is 15.4 Å². The molecule has 2 amide bonds. The molecule has 0 atom stereocenters. The molecule has 0 spiro atoms. The van der Waals surface area contributed by atoms with Gasteiger partial charge in [0.25, 0.3) is 11.8 Å². The average Bonchev–Trinajstić information content (AvgIpc) is 2.79. The lowest BCUT2D eigenvalue weighted by molar-refractivity contribution is -0.118. The lowest BCUT2D eigenvalue weighted by Crippen LogP contribution is -2.20. The molecular formula is C24H17ClFN3O3. The van der Waals surface area contributed by atoms with Crippen LogP contribution in [0.3, 0.4) is 0 Å². The minimum Gasteiger partial charge on any atom is -0.484 e. The summed E-state index contributed by atoms with van der Waals surface area (Å²) in [5.74, 6) is -1.03. The van der Waals surface area contributed by atoms with Crippen LogP contribution >= 0.6 is 11.6 Å². The Morgan fingerprint density at radius 1 is 1.00 bits per heavy atom. The van der Waals surface area contributed by atoms with Gasteiger partial charge in [0.1, 0.15) is 23.2 Å². The molecule has 8 heteroatoms. The van der Waals surface area contributed by atoms with Gasteiger partial charge in [-0.15, -0.1) is 0 Å². The van der Waals surface area contributed by atoms with E-state index < -0.39 is 11.7 Å². The maximum absolute atomic E-state index is 13.0. The zero-order valence-corrected chi connectivity index (χ0v) is 17.4. The van der Waals surface area contributed by atoms with Crippen molar-refractivity contribution < 1.29 is 18.7 Å². The second-order valence-corrected chi connectivity index (χ2v) is 6.98. The lowest BCUT2D eigenvalue weighted by atomic mass is 10.1. The zero-order valence-electron chi connectivity index (χ0n) is 16.6. The van der Waals surface area contributed by atoms with Gasteiger partial charge < -0.3 is 15.4 Å². The Balaban J connectivity index is 1.62. The lowest BCUT2D eigenvalue weighted by Gasteiger charge is -2.08. The molecule has 0 aliphatic carbocycles. The maximum atomic E-state index is 13.0. The van der Waals surface area contributed by atoms with Gasteiger partial charge in [-0.05, 0) is 72.3 Å². The molecular weight excluding hydrogens is 433 g/mol. The summed E-state index contributed by atoms with van der Waals surface area (Å²) in [7, 11) is 0. The first kappa shape index (κ1) is 22.5. The number of nitriles is 1. The topological polar surface area (TPSA) is 91.2 Å². The number of nitrogens with one attached hydrogen (secondary N) is 2. The molecule has 3 aromatic rings. The zero-order chi connectivity index (χ0) is 22.9. The number of hydrogen-bond donors (Lipinski definition) is 2. The smallest absolute Gasteiger partial charge is 0.266 e. The Labute approximate surface area is 188 Å². The minimum atomic E-state index is -0.632. The Kier molecular flexibility index (Phi) is 7.57. The van der Waals surface area contributed by atoms with Gasteiger partial charge in [-0.2, -0.15) is 5.26 Å². The van der Waals surface area contributed by atoms with Crippen molar-refractivity contribution in [2.75, 3.05) is 17.2 Å². The average molecular weight is 450 g/mol. The van der Waals surface area contributed by atoms with E-state index >= 15 is 0 Å². The fraction of sp³-hybridized carbons (Fsp3) is 0.0417. The summed E-state index contributed by atoms with van der Waals surface area (Å²) in [6.45, 7) is -0.230. The Hall–Kier alpha value is -4.15. The van der Waals surface area contributed by atoms with E-state index in [4.69, 9.17) is 16.3 Å². The van der Waals surface area contributed by atoms with E-state index in [2.05, 4.69) is 10.6 Å². The molecule has 6 nitrogen and oxygen atoms in total. The summed E-state index contributed by atoms with van der Waals surface area (Å²) in [6, 6.07) is 20.3. The molecule has 0 aromatic heterocycles. The standard InChI is InChI=1S/C24H17ClFN3O3/c25-18-4-8-20(9-5-18)28-23(30)15-32-22-3-1-2-16(13-22)12-17(14-27)24(31)29-21-10-6-19(26)7-11-21/h1-13H,15H2,(H,28,30)(H,29,31)/b17-12-. The van der Waals surface area contributed by atoms with Gasteiger partial charge in [0, 0.05) is 16.4 Å². The molecule has 2 N–H and O–H groups in total. The van der Waals surface area contributed by atoms with Crippen molar-refractivity contribution in [3.05, 3.63) is 94.8 Å². The van der Waals surface area contributed by atoms with E-state index in [0.29, 0.717) is 27.7 Å². The second-order valence-electron chi connectivity index (χ2n) is 6.55. The molecule has 32 heavy (non-hydrogen) atoms. The van der Waals surface area contributed by atoms with Crippen LogP contribution in [0.15, 0.2) is 78.4 Å². The Morgan fingerprint density at radius 3 is 2.34 bits per heavy atom. The molecule has 0 saturated heterocycles. The number of ether oxygens (including phenoxy) is 1.